The van der Waals surface area contributed by atoms with E-state index >= 15 is 0 Å². The van der Waals surface area contributed by atoms with E-state index in [1.807, 2.05) is 6.07 Å². The van der Waals surface area contributed by atoms with Crippen LogP contribution in [0, 0.1) is 0 Å². The van der Waals surface area contributed by atoms with Gasteiger partial charge in [-0.25, -0.2) is 9.97 Å². The van der Waals surface area contributed by atoms with Crippen molar-refractivity contribution in [2.24, 2.45) is 0 Å². The van der Waals surface area contributed by atoms with E-state index in [1.165, 1.54) is 11.9 Å². The van der Waals surface area contributed by atoms with Gasteiger partial charge in [-0.2, -0.15) is 26.3 Å². The van der Waals surface area contributed by atoms with E-state index in [4.69, 9.17) is 0 Å². The molecule has 2 heterocycles. The molecule has 182 valence electrons. The quantitative estimate of drug-likeness (QED) is 0.500. The Morgan fingerprint density at radius 1 is 0.971 bits per heavy atom. The van der Waals surface area contributed by atoms with Crippen molar-refractivity contribution in [1.82, 2.24) is 20.3 Å². The third kappa shape index (κ3) is 5.10. The molecule has 1 aliphatic rings. The van der Waals surface area contributed by atoms with Crippen molar-refractivity contribution in [3.63, 3.8) is 0 Å². The molecule has 0 radical (unpaired) electrons. The van der Waals surface area contributed by atoms with Gasteiger partial charge in [-0.1, -0.05) is 12.1 Å². The summed E-state index contributed by atoms with van der Waals surface area (Å²) in [5.74, 6) is -0.191. The van der Waals surface area contributed by atoms with Crippen molar-refractivity contribution in [2.75, 3.05) is 11.9 Å². The fourth-order valence-corrected chi connectivity index (χ4v) is 4.14. The predicted octanol–water partition coefficient (Wildman–Crippen LogP) is 5.17. The van der Waals surface area contributed by atoms with E-state index in [2.05, 4.69) is 20.3 Å². The SMILES string of the molecule is CN(c1cc(C(F)(F)F)nc(C(F)(F)F)c1)C1CCC(NC(=O)c2nc3ccccc3[nH]2)CC1. The molecule has 4 rings (SSSR count). The third-order valence-corrected chi connectivity index (χ3v) is 5.98. The van der Waals surface area contributed by atoms with Gasteiger partial charge in [0, 0.05) is 24.8 Å². The normalized spacial score (nSPS) is 19.3. The predicted molar refractivity (Wildman–Crippen MR) is 112 cm³/mol. The van der Waals surface area contributed by atoms with Crippen LogP contribution in [0.15, 0.2) is 36.4 Å². The summed E-state index contributed by atoms with van der Waals surface area (Å²) in [4.78, 5) is 23.9. The van der Waals surface area contributed by atoms with Crippen LogP contribution in [-0.2, 0) is 12.4 Å². The number of alkyl halides is 6. The number of fused-ring (bicyclic) bond motifs is 1. The Kier molecular flexibility index (Phi) is 6.17. The van der Waals surface area contributed by atoms with Gasteiger partial charge in [-0.3, -0.25) is 4.79 Å². The molecule has 0 unspecified atom stereocenters. The van der Waals surface area contributed by atoms with Gasteiger partial charge in [0.25, 0.3) is 5.91 Å². The number of carbonyl (C=O) groups excluding carboxylic acids is 1. The first-order chi connectivity index (χ1) is 15.9. The van der Waals surface area contributed by atoms with Crippen LogP contribution in [0.4, 0.5) is 32.0 Å². The number of rotatable bonds is 4. The van der Waals surface area contributed by atoms with Crippen LogP contribution in [-0.4, -0.2) is 40.0 Å². The van der Waals surface area contributed by atoms with Gasteiger partial charge in [-0.05, 0) is 49.9 Å². The molecule has 3 aromatic rings. The number of anilines is 1. The highest BCUT2D eigenvalue weighted by atomic mass is 19.4. The maximum Gasteiger partial charge on any atom is 0.433 e. The minimum absolute atomic E-state index is 0.177. The van der Waals surface area contributed by atoms with Crippen molar-refractivity contribution in [3.8, 4) is 0 Å². The molecule has 0 bridgehead atoms. The van der Waals surface area contributed by atoms with Crippen LogP contribution in [0.3, 0.4) is 0 Å². The summed E-state index contributed by atoms with van der Waals surface area (Å²) in [7, 11) is 1.47. The van der Waals surface area contributed by atoms with Gasteiger partial charge in [0.1, 0.15) is 11.4 Å². The standard InChI is InChI=1S/C22H21F6N5O/c1-33(14-10-17(21(23,24)25)32-18(11-14)22(26,27)28)13-8-6-12(7-9-13)29-20(34)19-30-15-4-2-3-5-16(15)31-19/h2-5,10-13H,6-9H2,1H3,(H,29,34)(H,30,31). The number of nitrogens with zero attached hydrogens (tertiary/aromatic N) is 3. The van der Waals surface area contributed by atoms with Crippen molar-refractivity contribution >= 4 is 22.6 Å². The third-order valence-electron chi connectivity index (χ3n) is 5.98. The molecule has 34 heavy (non-hydrogen) atoms. The molecule has 0 atom stereocenters. The number of aromatic nitrogens is 3. The number of nitrogens with one attached hydrogen (secondary N) is 2. The monoisotopic (exact) mass is 485 g/mol. The second kappa shape index (κ2) is 8.80. The Bertz CT molecular complexity index is 1120. The fraction of sp³-hybridized carbons (Fsp3) is 0.409. The Morgan fingerprint density at radius 2 is 1.56 bits per heavy atom. The average molecular weight is 485 g/mol. The van der Waals surface area contributed by atoms with E-state index in [0.717, 1.165) is 5.52 Å². The van der Waals surface area contributed by atoms with E-state index in [1.54, 1.807) is 18.2 Å². The van der Waals surface area contributed by atoms with E-state index in [-0.39, 0.29) is 29.5 Å². The van der Waals surface area contributed by atoms with Crippen LogP contribution in [0.1, 0.15) is 47.7 Å². The van der Waals surface area contributed by atoms with Gasteiger partial charge in [-0.15, -0.1) is 0 Å². The van der Waals surface area contributed by atoms with Crippen LogP contribution >= 0.6 is 0 Å². The molecule has 1 saturated carbocycles. The first-order valence-corrected chi connectivity index (χ1v) is 10.6. The van der Waals surface area contributed by atoms with Crippen molar-refractivity contribution < 1.29 is 31.1 Å². The molecular weight excluding hydrogens is 464 g/mol. The molecule has 2 N–H and O–H groups in total. The molecule has 2 aromatic heterocycles. The molecule has 1 aliphatic carbocycles. The van der Waals surface area contributed by atoms with Crippen LogP contribution < -0.4 is 10.2 Å². The lowest BCUT2D eigenvalue weighted by Crippen LogP contribution is -2.43. The van der Waals surface area contributed by atoms with Crippen molar-refractivity contribution in [3.05, 3.63) is 53.6 Å². The highest BCUT2D eigenvalue weighted by molar-refractivity contribution is 5.94. The molecule has 0 aliphatic heterocycles. The van der Waals surface area contributed by atoms with Crippen LogP contribution in [0.5, 0.6) is 0 Å². The van der Waals surface area contributed by atoms with Gasteiger partial charge in [0.05, 0.1) is 11.0 Å². The largest absolute Gasteiger partial charge is 0.433 e. The number of benzene rings is 1. The lowest BCUT2D eigenvalue weighted by molar-refractivity contribution is -0.150. The number of imidazole rings is 1. The molecular formula is C22H21F6N5O. The van der Waals surface area contributed by atoms with Crippen molar-refractivity contribution in [2.45, 2.75) is 50.1 Å². The van der Waals surface area contributed by atoms with Crippen LogP contribution in [0.2, 0.25) is 0 Å². The zero-order valence-electron chi connectivity index (χ0n) is 18.0. The smallest absolute Gasteiger partial charge is 0.371 e. The molecule has 0 spiro atoms. The molecule has 0 saturated heterocycles. The van der Waals surface area contributed by atoms with E-state index in [9.17, 15) is 31.1 Å². The molecule has 1 amide bonds. The highest BCUT2D eigenvalue weighted by Crippen LogP contribution is 2.37. The zero-order chi connectivity index (χ0) is 24.7. The average Bonchev–Trinajstić information content (AvgIpc) is 3.22. The minimum atomic E-state index is -5.00. The number of aromatic amines is 1. The first kappa shape index (κ1) is 23.8. The number of hydrogen-bond acceptors (Lipinski definition) is 4. The number of hydrogen-bond donors (Lipinski definition) is 2. The van der Waals surface area contributed by atoms with Gasteiger partial charge < -0.3 is 15.2 Å². The second-order valence-corrected chi connectivity index (χ2v) is 8.28. The zero-order valence-corrected chi connectivity index (χ0v) is 18.0. The summed E-state index contributed by atoms with van der Waals surface area (Å²) >= 11 is 0. The maximum absolute atomic E-state index is 13.1. The molecule has 1 fully saturated rings. The maximum atomic E-state index is 13.1. The van der Waals surface area contributed by atoms with E-state index < -0.39 is 23.7 Å². The second-order valence-electron chi connectivity index (χ2n) is 8.28. The minimum Gasteiger partial charge on any atom is -0.371 e. The van der Waals surface area contributed by atoms with Gasteiger partial charge in [0.2, 0.25) is 0 Å². The number of amides is 1. The molecule has 1 aromatic carbocycles. The number of para-hydroxylation sites is 2. The summed E-state index contributed by atoms with van der Waals surface area (Å²) in [6.45, 7) is 0. The number of halogens is 6. The Morgan fingerprint density at radius 3 is 2.12 bits per heavy atom. The van der Waals surface area contributed by atoms with E-state index in [0.29, 0.717) is 43.3 Å². The molecule has 6 nitrogen and oxygen atoms in total. The summed E-state index contributed by atoms with van der Waals surface area (Å²) in [6, 6.07) is 7.99. The summed E-state index contributed by atoms with van der Waals surface area (Å²) < 4.78 is 78.8. The Balaban J connectivity index is 1.42. The Hall–Kier alpha value is -3.31. The van der Waals surface area contributed by atoms with Crippen LogP contribution in [0.25, 0.3) is 11.0 Å². The number of pyridine rings is 1. The summed E-state index contributed by atoms with van der Waals surface area (Å²) in [6.07, 6.45) is -8.02. The van der Waals surface area contributed by atoms with Crippen molar-refractivity contribution in [1.29, 1.82) is 0 Å². The van der Waals surface area contributed by atoms with Gasteiger partial charge >= 0.3 is 12.4 Å². The lowest BCUT2D eigenvalue weighted by Gasteiger charge is -2.36. The number of H-pyrrole nitrogens is 1. The highest BCUT2D eigenvalue weighted by Gasteiger charge is 2.39. The lowest BCUT2D eigenvalue weighted by atomic mass is 9.90. The topological polar surface area (TPSA) is 73.9 Å². The van der Waals surface area contributed by atoms with Gasteiger partial charge in [0.15, 0.2) is 5.82 Å². The summed E-state index contributed by atoms with van der Waals surface area (Å²) in [5.41, 5.74) is -1.99. The molecule has 12 heteroatoms. The Labute approximate surface area is 190 Å². The fourth-order valence-electron chi connectivity index (χ4n) is 4.14. The first-order valence-electron chi connectivity index (χ1n) is 10.6. The summed E-state index contributed by atoms with van der Waals surface area (Å²) in [5, 5.41) is 2.89. The number of carbonyl (C=O) groups is 1.